The molecule has 164 valence electrons. The van der Waals surface area contributed by atoms with Crippen LogP contribution in [0.2, 0.25) is 6.04 Å². The topological polar surface area (TPSA) is 81.4 Å². The first kappa shape index (κ1) is 26.9. The minimum Gasteiger partial charge on any atom is -0.379 e. The molecular weight excluding hydrogens is 366 g/mol. The Kier molecular flexibility index (Phi) is 19.2. The molecule has 0 aromatic heterocycles. The van der Waals surface area contributed by atoms with Gasteiger partial charge in [0.2, 0.25) is 0 Å². The van der Waals surface area contributed by atoms with Crippen molar-refractivity contribution in [3.05, 3.63) is 0 Å². The van der Waals surface area contributed by atoms with Crippen LogP contribution in [0.25, 0.3) is 0 Å². The van der Waals surface area contributed by atoms with Crippen LogP contribution in [0, 0.1) is 0 Å². The van der Waals surface area contributed by atoms with E-state index in [-0.39, 0.29) is 6.04 Å². The van der Waals surface area contributed by atoms with Gasteiger partial charge in [-0.25, -0.2) is 0 Å². The summed E-state index contributed by atoms with van der Waals surface area (Å²) in [6, 6.07) is 0.788. The van der Waals surface area contributed by atoms with E-state index in [4.69, 9.17) is 33.2 Å². The first-order valence-electron chi connectivity index (χ1n) is 10.5. The quantitative estimate of drug-likeness (QED) is 0.230. The largest absolute Gasteiger partial charge is 0.500 e. The summed E-state index contributed by atoms with van der Waals surface area (Å²) in [5, 5.41) is 0. The van der Waals surface area contributed by atoms with Crippen molar-refractivity contribution < 1.29 is 27.5 Å². The summed E-state index contributed by atoms with van der Waals surface area (Å²) in [4.78, 5) is 0. The Morgan fingerprint density at radius 3 is 1.63 bits per heavy atom. The number of ether oxygens (including phenoxy) is 3. The second-order valence-corrected chi connectivity index (χ2v) is 8.99. The molecule has 27 heavy (non-hydrogen) atoms. The van der Waals surface area contributed by atoms with Crippen molar-refractivity contribution in [2.24, 2.45) is 5.73 Å². The van der Waals surface area contributed by atoms with Crippen LogP contribution in [-0.2, 0) is 27.5 Å². The maximum absolute atomic E-state index is 6.22. The highest BCUT2D eigenvalue weighted by atomic mass is 28.4. The zero-order valence-electron chi connectivity index (χ0n) is 18.0. The van der Waals surface area contributed by atoms with Gasteiger partial charge < -0.3 is 33.2 Å². The molecule has 0 fully saturated rings. The van der Waals surface area contributed by atoms with Gasteiger partial charge in [-0.15, -0.1) is 0 Å². The third-order valence-electron chi connectivity index (χ3n) is 3.93. The van der Waals surface area contributed by atoms with Crippen LogP contribution < -0.4 is 5.73 Å². The van der Waals surface area contributed by atoms with Crippen molar-refractivity contribution >= 4 is 8.80 Å². The van der Waals surface area contributed by atoms with Crippen LogP contribution in [0.1, 0.15) is 53.4 Å². The lowest BCUT2D eigenvalue weighted by atomic mass is 10.2. The summed E-state index contributed by atoms with van der Waals surface area (Å²) in [5.74, 6) is 0. The molecule has 0 aliphatic rings. The van der Waals surface area contributed by atoms with Crippen LogP contribution in [0.4, 0.5) is 0 Å². The molecule has 0 heterocycles. The maximum atomic E-state index is 6.22. The van der Waals surface area contributed by atoms with Gasteiger partial charge in [-0.3, -0.25) is 0 Å². The minimum atomic E-state index is -2.59. The molecule has 0 aromatic carbocycles. The maximum Gasteiger partial charge on any atom is 0.500 e. The zero-order valence-corrected chi connectivity index (χ0v) is 19.0. The molecule has 0 aromatic rings. The molecule has 0 bridgehead atoms. The zero-order chi connectivity index (χ0) is 20.2. The Labute approximate surface area is 167 Å². The van der Waals surface area contributed by atoms with E-state index in [9.17, 15) is 0 Å². The van der Waals surface area contributed by atoms with E-state index in [2.05, 4.69) is 6.92 Å². The predicted molar refractivity (Wildman–Crippen MR) is 110 cm³/mol. The molecule has 0 radical (unpaired) electrons. The highest BCUT2D eigenvalue weighted by Crippen LogP contribution is 2.19. The van der Waals surface area contributed by atoms with E-state index in [0.29, 0.717) is 52.9 Å². The summed E-state index contributed by atoms with van der Waals surface area (Å²) in [6.45, 7) is 13.7. The van der Waals surface area contributed by atoms with Gasteiger partial charge in [0, 0.05) is 45.1 Å². The van der Waals surface area contributed by atoms with E-state index in [1.165, 1.54) is 0 Å². The number of unbranched alkanes of at least 4 members (excludes halogenated alkanes) is 1. The first-order valence-corrected chi connectivity index (χ1v) is 12.5. The van der Waals surface area contributed by atoms with Gasteiger partial charge in [-0.1, -0.05) is 13.3 Å². The normalized spacial score (nSPS) is 13.2. The molecule has 0 amide bonds. The summed E-state index contributed by atoms with van der Waals surface area (Å²) in [5.41, 5.74) is 6.22. The summed E-state index contributed by atoms with van der Waals surface area (Å²) in [7, 11) is -2.59. The summed E-state index contributed by atoms with van der Waals surface area (Å²) >= 11 is 0. The molecule has 0 aliphatic carbocycles. The molecule has 1 unspecified atom stereocenters. The number of rotatable bonds is 21. The van der Waals surface area contributed by atoms with Crippen LogP contribution in [0.3, 0.4) is 0 Å². The van der Waals surface area contributed by atoms with E-state index >= 15 is 0 Å². The van der Waals surface area contributed by atoms with E-state index in [1.54, 1.807) is 0 Å². The van der Waals surface area contributed by atoms with Crippen LogP contribution in [0.15, 0.2) is 0 Å². The monoisotopic (exact) mass is 409 g/mol. The fourth-order valence-corrected chi connectivity index (χ4v) is 5.26. The fraction of sp³-hybridized carbons (Fsp3) is 1.00. The van der Waals surface area contributed by atoms with E-state index in [0.717, 1.165) is 38.3 Å². The molecule has 2 N–H and O–H groups in total. The second-order valence-electron chi connectivity index (χ2n) is 6.26. The van der Waals surface area contributed by atoms with Crippen molar-refractivity contribution in [1.82, 2.24) is 0 Å². The Morgan fingerprint density at radius 2 is 1.15 bits per heavy atom. The lowest BCUT2D eigenvalue weighted by Gasteiger charge is -2.29. The smallest absolute Gasteiger partial charge is 0.379 e. The van der Waals surface area contributed by atoms with Crippen LogP contribution in [-0.4, -0.2) is 74.3 Å². The molecule has 0 saturated heterocycles. The lowest BCUT2D eigenvalue weighted by molar-refractivity contribution is 0.0128. The van der Waals surface area contributed by atoms with Crippen molar-refractivity contribution in [3.63, 3.8) is 0 Å². The van der Waals surface area contributed by atoms with Gasteiger partial charge in [0.25, 0.3) is 0 Å². The van der Waals surface area contributed by atoms with Crippen molar-refractivity contribution in [3.8, 4) is 0 Å². The summed E-state index contributed by atoms with van der Waals surface area (Å²) < 4.78 is 34.1. The highest BCUT2D eigenvalue weighted by molar-refractivity contribution is 6.60. The van der Waals surface area contributed by atoms with Gasteiger partial charge >= 0.3 is 8.80 Å². The van der Waals surface area contributed by atoms with Gasteiger partial charge in [-0.05, 0) is 40.0 Å². The average Bonchev–Trinajstić information content (AvgIpc) is 2.65. The molecule has 8 heteroatoms. The van der Waals surface area contributed by atoms with E-state index in [1.807, 2.05) is 20.8 Å². The molecule has 7 nitrogen and oxygen atoms in total. The van der Waals surface area contributed by atoms with Gasteiger partial charge in [0.1, 0.15) is 0 Å². The second kappa shape index (κ2) is 19.3. The van der Waals surface area contributed by atoms with Crippen molar-refractivity contribution in [2.75, 3.05) is 59.5 Å². The molecule has 0 rings (SSSR count). The SMILES string of the molecule is CCCCOCCOCCOCCC(N)CC[Si](OCC)(OCC)OCC. The molecule has 0 saturated carbocycles. The number of hydrogen-bond acceptors (Lipinski definition) is 7. The third-order valence-corrected chi connectivity index (χ3v) is 7.02. The standard InChI is InChI=1S/C19H43NO6Si/c1-5-9-12-21-14-16-23-17-15-22-13-10-19(20)11-18-27(24-6-2,25-7-3)26-8-4/h19H,5-18,20H2,1-4H3. The Hall–Kier alpha value is -0.0631. The van der Waals surface area contributed by atoms with Crippen LogP contribution >= 0.6 is 0 Å². The van der Waals surface area contributed by atoms with Crippen molar-refractivity contribution in [1.29, 1.82) is 0 Å². The molecule has 0 aliphatic heterocycles. The van der Waals surface area contributed by atoms with Gasteiger partial charge in [-0.2, -0.15) is 0 Å². The number of nitrogens with two attached hydrogens (primary N) is 1. The Morgan fingerprint density at radius 1 is 0.667 bits per heavy atom. The van der Waals surface area contributed by atoms with E-state index < -0.39 is 8.80 Å². The summed E-state index contributed by atoms with van der Waals surface area (Å²) in [6.07, 6.45) is 3.87. The van der Waals surface area contributed by atoms with Crippen LogP contribution in [0.5, 0.6) is 0 Å². The minimum absolute atomic E-state index is 0.0473. The van der Waals surface area contributed by atoms with Gasteiger partial charge in [0.05, 0.1) is 26.4 Å². The molecule has 1 atom stereocenters. The third kappa shape index (κ3) is 15.5. The Balaban J connectivity index is 3.73. The van der Waals surface area contributed by atoms with Crippen molar-refractivity contribution in [2.45, 2.75) is 65.5 Å². The molecule has 0 spiro atoms. The highest BCUT2D eigenvalue weighted by Gasteiger charge is 2.40. The lowest BCUT2D eigenvalue weighted by Crippen LogP contribution is -2.47. The first-order chi connectivity index (χ1) is 13.1. The fourth-order valence-electron chi connectivity index (χ4n) is 2.53. The number of hydrogen-bond donors (Lipinski definition) is 1. The van der Waals surface area contributed by atoms with Gasteiger partial charge in [0.15, 0.2) is 0 Å². The molecular formula is C19H43NO6Si. The predicted octanol–water partition coefficient (Wildman–Crippen LogP) is 2.99. The Bertz CT molecular complexity index is 295. The average molecular weight is 410 g/mol.